The Labute approximate surface area is 130 Å². The Morgan fingerprint density at radius 2 is 1.45 bits per heavy atom. The van der Waals surface area contributed by atoms with E-state index in [1.54, 1.807) is 50.2 Å². The van der Waals surface area contributed by atoms with E-state index in [1.807, 2.05) is 19.1 Å². The van der Waals surface area contributed by atoms with Gasteiger partial charge in [-0.25, -0.2) is 4.79 Å². The number of hydrogen-bond acceptors (Lipinski definition) is 3. The second kappa shape index (κ2) is 6.89. The van der Waals surface area contributed by atoms with Crippen LogP contribution in [0.4, 0.5) is 5.69 Å². The number of carbonyl (C=O) groups excluding carboxylic acids is 2. The van der Waals surface area contributed by atoms with Crippen LogP contribution in [0.5, 0.6) is 0 Å². The molecular weight excluding hydrogens is 278 g/mol. The molecule has 0 bridgehead atoms. The maximum absolute atomic E-state index is 12.1. The smallest absolute Gasteiger partial charge is 0.338 e. The molecule has 0 aliphatic carbocycles. The van der Waals surface area contributed by atoms with Crippen molar-refractivity contribution < 1.29 is 14.3 Å². The van der Waals surface area contributed by atoms with E-state index in [0.717, 1.165) is 5.56 Å². The molecule has 0 atom stereocenters. The van der Waals surface area contributed by atoms with Crippen LogP contribution >= 0.6 is 0 Å². The Morgan fingerprint density at radius 3 is 2.00 bits per heavy atom. The number of ether oxygens (including phenoxy) is 1. The summed E-state index contributed by atoms with van der Waals surface area (Å²) in [6.07, 6.45) is -0.159. The number of benzene rings is 2. The third-order valence-corrected chi connectivity index (χ3v) is 3.03. The predicted octanol–water partition coefficient (Wildman–Crippen LogP) is 3.81. The lowest BCUT2D eigenvalue weighted by molar-refractivity contribution is 0.0378. The lowest BCUT2D eigenvalue weighted by Gasteiger charge is -2.09. The lowest BCUT2D eigenvalue weighted by atomic mass is 10.1. The van der Waals surface area contributed by atoms with E-state index < -0.39 is 0 Å². The monoisotopic (exact) mass is 297 g/mol. The number of hydrogen-bond donors (Lipinski definition) is 1. The van der Waals surface area contributed by atoms with Crippen LogP contribution in [0, 0.1) is 6.92 Å². The van der Waals surface area contributed by atoms with Gasteiger partial charge in [-0.05, 0) is 57.2 Å². The second-order valence-electron chi connectivity index (χ2n) is 5.35. The number of aryl methyl sites for hydroxylation is 1. The standard InChI is InChI=1S/C18H19NO3/c1-12(2)22-18(21)15-8-10-16(11-9-15)19-17(20)14-6-4-13(3)5-7-14/h4-12H,1-3H3,(H,19,20). The minimum atomic E-state index is -0.369. The van der Waals surface area contributed by atoms with Crippen LogP contribution in [0.25, 0.3) is 0 Å². The third-order valence-electron chi connectivity index (χ3n) is 3.03. The molecule has 0 saturated heterocycles. The average Bonchev–Trinajstić information content (AvgIpc) is 2.48. The molecule has 0 aliphatic heterocycles. The minimum Gasteiger partial charge on any atom is -0.459 e. The number of nitrogens with one attached hydrogen (secondary N) is 1. The van der Waals surface area contributed by atoms with Gasteiger partial charge in [0, 0.05) is 11.3 Å². The summed E-state index contributed by atoms with van der Waals surface area (Å²) in [5.74, 6) is -0.552. The number of carbonyl (C=O) groups is 2. The number of anilines is 1. The SMILES string of the molecule is Cc1ccc(C(=O)Nc2ccc(C(=O)OC(C)C)cc2)cc1. The summed E-state index contributed by atoms with van der Waals surface area (Å²) in [7, 11) is 0. The van der Waals surface area contributed by atoms with Gasteiger partial charge in [0.2, 0.25) is 0 Å². The molecule has 4 nitrogen and oxygen atoms in total. The van der Waals surface area contributed by atoms with Crippen molar-refractivity contribution in [1.82, 2.24) is 0 Å². The van der Waals surface area contributed by atoms with Gasteiger partial charge in [-0.15, -0.1) is 0 Å². The topological polar surface area (TPSA) is 55.4 Å². The number of esters is 1. The van der Waals surface area contributed by atoms with E-state index in [4.69, 9.17) is 4.74 Å². The highest BCUT2D eigenvalue weighted by molar-refractivity contribution is 6.04. The van der Waals surface area contributed by atoms with Crippen LogP contribution in [0.1, 0.15) is 40.1 Å². The van der Waals surface area contributed by atoms with Gasteiger partial charge in [0.05, 0.1) is 11.7 Å². The van der Waals surface area contributed by atoms with Crippen molar-refractivity contribution in [1.29, 1.82) is 0 Å². The summed E-state index contributed by atoms with van der Waals surface area (Å²) >= 11 is 0. The van der Waals surface area contributed by atoms with Crippen molar-refractivity contribution >= 4 is 17.6 Å². The largest absolute Gasteiger partial charge is 0.459 e. The molecule has 1 amide bonds. The van der Waals surface area contributed by atoms with E-state index in [9.17, 15) is 9.59 Å². The molecule has 0 saturated carbocycles. The normalized spacial score (nSPS) is 10.4. The Kier molecular flexibility index (Phi) is 4.94. The molecule has 0 unspecified atom stereocenters. The Morgan fingerprint density at radius 1 is 0.909 bits per heavy atom. The molecule has 114 valence electrons. The third kappa shape index (κ3) is 4.19. The molecule has 4 heteroatoms. The summed E-state index contributed by atoms with van der Waals surface area (Å²) < 4.78 is 5.11. The van der Waals surface area contributed by atoms with E-state index >= 15 is 0 Å². The van der Waals surface area contributed by atoms with Gasteiger partial charge in [0.1, 0.15) is 0 Å². The van der Waals surface area contributed by atoms with Gasteiger partial charge in [-0.2, -0.15) is 0 Å². The first-order valence-corrected chi connectivity index (χ1v) is 7.15. The molecule has 0 aliphatic rings. The zero-order valence-electron chi connectivity index (χ0n) is 12.9. The highest BCUT2D eigenvalue weighted by Crippen LogP contribution is 2.13. The van der Waals surface area contributed by atoms with E-state index in [0.29, 0.717) is 16.8 Å². The van der Waals surface area contributed by atoms with Gasteiger partial charge in [0.25, 0.3) is 5.91 Å². The Balaban J connectivity index is 2.03. The molecule has 2 aromatic carbocycles. The molecular formula is C18H19NO3. The molecule has 0 spiro atoms. The first-order valence-electron chi connectivity index (χ1n) is 7.15. The zero-order valence-corrected chi connectivity index (χ0v) is 12.9. The maximum Gasteiger partial charge on any atom is 0.338 e. The van der Waals surface area contributed by atoms with Crippen LogP contribution in [0.3, 0.4) is 0 Å². The molecule has 0 aromatic heterocycles. The van der Waals surface area contributed by atoms with E-state index in [1.165, 1.54) is 0 Å². The Hall–Kier alpha value is -2.62. The van der Waals surface area contributed by atoms with Crippen LogP contribution in [0.2, 0.25) is 0 Å². The maximum atomic E-state index is 12.1. The summed E-state index contributed by atoms with van der Waals surface area (Å²) in [6.45, 7) is 5.57. The Bertz CT molecular complexity index is 658. The van der Waals surface area contributed by atoms with Crippen molar-refractivity contribution in [2.75, 3.05) is 5.32 Å². The number of rotatable bonds is 4. The van der Waals surface area contributed by atoms with Crippen molar-refractivity contribution in [2.24, 2.45) is 0 Å². The first-order chi connectivity index (χ1) is 10.5. The highest BCUT2D eigenvalue weighted by Gasteiger charge is 2.10. The van der Waals surface area contributed by atoms with Gasteiger partial charge in [-0.1, -0.05) is 17.7 Å². The second-order valence-corrected chi connectivity index (χ2v) is 5.35. The molecule has 2 aromatic rings. The highest BCUT2D eigenvalue weighted by atomic mass is 16.5. The first kappa shape index (κ1) is 15.8. The zero-order chi connectivity index (χ0) is 16.1. The summed E-state index contributed by atoms with van der Waals surface area (Å²) in [5.41, 5.74) is 2.78. The predicted molar refractivity (Wildman–Crippen MR) is 86.1 cm³/mol. The lowest BCUT2D eigenvalue weighted by Crippen LogP contribution is -2.13. The fourth-order valence-electron chi connectivity index (χ4n) is 1.88. The molecule has 0 fully saturated rings. The molecule has 22 heavy (non-hydrogen) atoms. The average molecular weight is 297 g/mol. The van der Waals surface area contributed by atoms with Crippen molar-refractivity contribution in [3.8, 4) is 0 Å². The summed E-state index contributed by atoms with van der Waals surface area (Å²) in [6, 6.07) is 14.0. The molecule has 1 N–H and O–H groups in total. The van der Waals surface area contributed by atoms with Gasteiger partial charge in [0.15, 0.2) is 0 Å². The molecule has 2 rings (SSSR count). The van der Waals surface area contributed by atoms with Gasteiger partial charge >= 0.3 is 5.97 Å². The van der Waals surface area contributed by atoms with E-state index in [-0.39, 0.29) is 18.0 Å². The van der Waals surface area contributed by atoms with Crippen molar-refractivity contribution in [3.63, 3.8) is 0 Å². The summed E-state index contributed by atoms with van der Waals surface area (Å²) in [5, 5.41) is 2.79. The quantitative estimate of drug-likeness (QED) is 0.873. The fourth-order valence-corrected chi connectivity index (χ4v) is 1.88. The number of amides is 1. The molecule has 0 radical (unpaired) electrons. The summed E-state index contributed by atoms with van der Waals surface area (Å²) in [4.78, 5) is 23.8. The van der Waals surface area contributed by atoms with Crippen molar-refractivity contribution in [2.45, 2.75) is 26.9 Å². The van der Waals surface area contributed by atoms with Gasteiger partial charge in [-0.3, -0.25) is 4.79 Å². The van der Waals surface area contributed by atoms with Crippen LogP contribution in [-0.2, 0) is 4.74 Å². The van der Waals surface area contributed by atoms with Crippen LogP contribution < -0.4 is 5.32 Å². The molecule has 0 heterocycles. The van der Waals surface area contributed by atoms with Crippen molar-refractivity contribution in [3.05, 3.63) is 65.2 Å². The minimum absolute atomic E-state index is 0.159. The fraction of sp³-hybridized carbons (Fsp3) is 0.222. The van der Waals surface area contributed by atoms with E-state index in [2.05, 4.69) is 5.32 Å². The van der Waals surface area contributed by atoms with Crippen LogP contribution in [0.15, 0.2) is 48.5 Å². The van der Waals surface area contributed by atoms with Gasteiger partial charge < -0.3 is 10.1 Å². The van der Waals surface area contributed by atoms with Crippen LogP contribution in [-0.4, -0.2) is 18.0 Å².